The van der Waals surface area contributed by atoms with Gasteiger partial charge < -0.3 is 10.0 Å². The Morgan fingerprint density at radius 3 is 2.18 bits per heavy atom. The number of carboxylic acid groups (broad SMARTS) is 1. The van der Waals surface area contributed by atoms with E-state index in [1.807, 2.05) is 6.07 Å². The second kappa shape index (κ2) is 12.3. The van der Waals surface area contributed by atoms with E-state index in [0.717, 1.165) is 64.8 Å². The molecule has 3 aliphatic rings. The third-order valence-electron chi connectivity index (χ3n) is 9.47. The zero-order valence-corrected chi connectivity index (χ0v) is 22.4. The first-order valence-corrected chi connectivity index (χ1v) is 14.6. The van der Waals surface area contributed by atoms with Crippen molar-refractivity contribution in [1.29, 1.82) is 0 Å². The van der Waals surface area contributed by atoms with Gasteiger partial charge in [-0.05, 0) is 62.1 Å². The summed E-state index contributed by atoms with van der Waals surface area (Å²) in [6.45, 7) is 4.42. The van der Waals surface area contributed by atoms with Gasteiger partial charge >= 0.3 is 5.97 Å². The van der Waals surface area contributed by atoms with Crippen LogP contribution in [-0.2, 0) is 10.7 Å². The average Bonchev–Trinajstić information content (AvgIpc) is 3.31. The number of aliphatic carboxylic acids is 1. The van der Waals surface area contributed by atoms with Gasteiger partial charge in [0.05, 0.1) is 0 Å². The van der Waals surface area contributed by atoms with Crippen LogP contribution in [0.2, 0.25) is 0 Å². The van der Waals surface area contributed by atoms with Crippen molar-refractivity contribution >= 4 is 5.97 Å². The summed E-state index contributed by atoms with van der Waals surface area (Å²) in [5.74, 6) is -1.86. The molecular formula is C32H42F2N2O2. The van der Waals surface area contributed by atoms with Crippen LogP contribution in [0.25, 0.3) is 0 Å². The number of nitrogens with zero attached hydrogens (tertiary/aromatic N) is 2. The molecule has 1 aliphatic carbocycles. The van der Waals surface area contributed by atoms with Crippen molar-refractivity contribution in [3.8, 4) is 0 Å². The Labute approximate surface area is 226 Å². The lowest BCUT2D eigenvalue weighted by Gasteiger charge is -2.35. The van der Waals surface area contributed by atoms with Gasteiger partial charge in [-0.3, -0.25) is 9.69 Å². The third kappa shape index (κ3) is 6.63. The van der Waals surface area contributed by atoms with E-state index in [2.05, 4.69) is 34.1 Å². The smallest absolute Gasteiger partial charge is 0.320 e. The van der Waals surface area contributed by atoms with Crippen LogP contribution in [0.3, 0.4) is 0 Å². The summed E-state index contributed by atoms with van der Waals surface area (Å²) in [6.07, 6.45) is 6.70. The monoisotopic (exact) mass is 524 g/mol. The molecule has 4 nitrogen and oxygen atoms in total. The molecule has 0 amide bonds. The number of alkyl halides is 2. The Kier molecular flexibility index (Phi) is 8.79. The lowest BCUT2D eigenvalue weighted by Crippen LogP contribution is -2.43. The predicted octanol–water partition coefficient (Wildman–Crippen LogP) is 6.63. The van der Waals surface area contributed by atoms with E-state index in [4.69, 9.17) is 0 Å². The van der Waals surface area contributed by atoms with Crippen molar-refractivity contribution in [2.24, 2.45) is 17.8 Å². The Bertz CT molecular complexity index is 1020. The van der Waals surface area contributed by atoms with E-state index in [9.17, 15) is 18.7 Å². The molecular weight excluding hydrogens is 482 g/mol. The summed E-state index contributed by atoms with van der Waals surface area (Å²) in [4.78, 5) is 17.0. The first-order chi connectivity index (χ1) is 18.4. The van der Waals surface area contributed by atoms with Gasteiger partial charge in [0.15, 0.2) is 0 Å². The van der Waals surface area contributed by atoms with E-state index in [0.29, 0.717) is 30.1 Å². The highest BCUT2D eigenvalue weighted by Crippen LogP contribution is 2.39. The third-order valence-corrected chi connectivity index (χ3v) is 9.47. The van der Waals surface area contributed by atoms with Gasteiger partial charge in [-0.2, -0.15) is 0 Å². The number of carboxylic acids is 1. The lowest BCUT2D eigenvalue weighted by molar-refractivity contribution is -0.144. The average molecular weight is 525 g/mol. The molecule has 2 unspecified atom stereocenters. The summed E-state index contributed by atoms with van der Waals surface area (Å²) in [6, 6.07) is 18.4. The maximum Gasteiger partial charge on any atom is 0.320 e. The number of rotatable bonds is 11. The molecule has 5 rings (SSSR count). The number of benzene rings is 2. The molecule has 2 heterocycles. The van der Waals surface area contributed by atoms with Crippen molar-refractivity contribution in [3.63, 3.8) is 0 Å². The molecule has 2 aromatic rings. The van der Waals surface area contributed by atoms with E-state index >= 15 is 0 Å². The first-order valence-electron chi connectivity index (χ1n) is 14.6. The SMILES string of the molecule is O=C(O)[C@H](CC1CCC1)N1CC(CN2CCC(CCC(F)(F)c3ccccc3)CC2)C(c2ccccc2)C1. The van der Waals surface area contributed by atoms with Crippen LogP contribution >= 0.6 is 0 Å². The Balaban J connectivity index is 1.17. The zero-order valence-electron chi connectivity index (χ0n) is 22.4. The standard InChI is InChI=1S/C32H42F2N2O2/c33-32(34,28-12-5-2-6-13-28)17-14-24-15-18-35(19-16-24)21-27-22-36(23-29(27)26-10-3-1-4-11-26)30(31(37)38)20-25-8-7-9-25/h1-6,10-13,24-25,27,29-30H,7-9,14-23H2,(H,37,38)/t27?,29?,30-/m0/s1. The highest BCUT2D eigenvalue weighted by Gasteiger charge is 2.41. The second-order valence-electron chi connectivity index (χ2n) is 12.0. The Morgan fingerprint density at radius 1 is 0.921 bits per heavy atom. The molecule has 206 valence electrons. The number of likely N-dealkylation sites (tertiary alicyclic amines) is 2. The summed E-state index contributed by atoms with van der Waals surface area (Å²) in [5.41, 5.74) is 1.41. The topological polar surface area (TPSA) is 43.8 Å². The second-order valence-corrected chi connectivity index (χ2v) is 12.0. The molecule has 6 heteroatoms. The van der Waals surface area contributed by atoms with Crippen LogP contribution in [0.1, 0.15) is 68.4 Å². The lowest BCUT2D eigenvalue weighted by atomic mass is 9.80. The molecule has 2 aromatic carbocycles. The maximum atomic E-state index is 14.7. The van der Waals surface area contributed by atoms with E-state index in [-0.39, 0.29) is 12.0 Å². The van der Waals surface area contributed by atoms with Gasteiger partial charge in [-0.25, -0.2) is 8.78 Å². The van der Waals surface area contributed by atoms with Crippen molar-refractivity contribution in [1.82, 2.24) is 9.80 Å². The van der Waals surface area contributed by atoms with Gasteiger partial charge in [0.2, 0.25) is 0 Å². The van der Waals surface area contributed by atoms with Gasteiger partial charge in [-0.1, -0.05) is 79.9 Å². The van der Waals surface area contributed by atoms with E-state index < -0.39 is 17.9 Å². The molecule has 1 N–H and O–H groups in total. The quantitative estimate of drug-likeness (QED) is 0.358. The van der Waals surface area contributed by atoms with Crippen LogP contribution in [0.4, 0.5) is 8.78 Å². The Morgan fingerprint density at radius 2 is 1.58 bits per heavy atom. The minimum absolute atomic E-state index is 0.0904. The molecule has 0 radical (unpaired) electrons. The van der Waals surface area contributed by atoms with Gasteiger partial charge in [0, 0.05) is 37.5 Å². The van der Waals surface area contributed by atoms with Crippen molar-refractivity contribution in [2.75, 3.05) is 32.7 Å². The van der Waals surface area contributed by atoms with Crippen molar-refractivity contribution in [3.05, 3.63) is 71.8 Å². The predicted molar refractivity (Wildman–Crippen MR) is 146 cm³/mol. The minimum Gasteiger partial charge on any atom is -0.480 e. The summed E-state index contributed by atoms with van der Waals surface area (Å²) in [7, 11) is 0. The molecule has 0 spiro atoms. The molecule has 1 saturated carbocycles. The summed E-state index contributed by atoms with van der Waals surface area (Å²) < 4.78 is 29.3. The van der Waals surface area contributed by atoms with Crippen molar-refractivity contribution < 1.29 is 18.7 Å². The van der Waals surface area contributed by atoms with Crippen LogP contribution in [0, 0.1) is 17.8 Å². The number of halogens is 2. The largest absolute Gasteiger partial charge is 0.480 e. The molecule has 2 aliphatic heterocycles. The van der Waals surface area contributed by atoms with Gasteiger partial charge in [-0.15, -0.1) is 0 Å². The normalized spacial score (nSPS) is 24.8. The number of carbonyl (C=O) groups is 1. The number of piperidine rings is 1. The molecule has 2 saturated heterocycles. The van der Waals surface area contributed by atoms with Gasteiger partial charge in [0.25, 0.3) is 5.92 Å². The summed E-state index contributed by atoms with van der Waals surface area (Å²) in [5, 5.41) is 10.1. The van der Waals surface area contributed by atoms with Gasteiger partial charge in [0.1, 0.15) is 6.04 Å². The Hall–Kier alpha value is -2.31. The van der Waals surface area contributed by atoms with E-state index in [1.54, 1.807) is 18.2 Å². The molecule has 3 atom stereocenters. The zero-order chi connectivity index (χ0) is 26.5. The van der Waals surface area contributed by atoms with Crippen LogP contribution in [0.15, 0.2) is 60.7 Å². The van der Waals surface area contributed by atoms with E-state index in [1.165, 1.54) is 24.1 Å². The molecule has 3 fully saturated rings. The highest BCUT2D eigenvalue weighted by atomic mass is 19.3. The number of hydrogen-bond donors (Lipinski definition) is 1. The molecule has 0 aromatic heterocycles. The fourth-order valence-corrected chi connectivity index (χ4v) is 6.87. The van der Waals surface area contributed by atoms with Crippen molar-refractivity contribution in [2.45, 2.75) is 69.2 Å². The molecule has 38 heavy (non-hydrogen) atoms. The van der Waals surface area contributed by atoms with Crippen LogP contribution < -0.4 is 0 Å². The fourth-order valence-electron chi connectivity index (χ4n) is 6.87. The maximum absolute atomic E-state index is 14.7. The highest BCUT2D eigenvalue weighted by molar-refractivity contribution is 5.73. The molecule has 0 bridgehead atoms. The minimum atomic E-state index is -2.77. The van der Waals surface area contributed by atoms with Crippen LogP contribution in [0.5, 0.6) is 0 Å². The fraction of sp³-hybridized carbons (Fsp3) is 0.594. The van der Waals surface area contributed by atoms with Crippen LogP contribution in [-0.4, -0.2) is 59.6 Å². The first kappa shape index (κ1) is 27.3. The summed E-state index contributed by atoms with van der Waals surface area (Å²) >= 11 is 0. The number of hydrogen-bond acceptors (Lipinski definition) is 3.